The summed E-state index contributed by atoms with van der Waals surface area (Å²) < 4.78 is 0. The van der Waals surface area contributed by atoms with Crippen LogP contribution in [0.25, 0.3) is 0 Å². The second-order valence-corrected chi connectivity index (χ2v) is 7.24. The van der Waals surface area contributed by atoms with Crippen LogP contribution < -0.4 is 5.32 Å². The Balaban J connectivity index is 1.41. The van der Waals surface area contributed by atoms with Gasteiger partial charge in [-0.25, -0.2) is 4.98 Å². The van der Waals surface area contributed by atoms with Gasteiger partial charge in [-0.15, -0.1) is 11.3 Å². The first-order chi connectivity index (χ1) is 10.6. The van der Waals surface area contributed by atoms with Crippen LogP contribution >= 0.6 is 11.3 Å². The highest BCUT2D eigenvalue weighted by molar-refractivity contribution is 7.11. The number of rotatable bonds is 5. The number of nitrogens with zero attached hydrogens (tertiary/aromatic N) is 2. The lowest BCUT2D eigenvalue weighted by Crippen LogP contribution is -2.38. The molecular formula is C16H23N3O2S. The minimum absolute atomic E-state index is 0.116. The van der Waals surface area contributed by atoms with E-state index in [0.717, 1.165) is 55.8 Å². The summed E-state index contributed by atoms with van der Waals surface area (Å²) in [6.07, 6.45) is 5.86. The third kappa shape index (κ3) is 3.85. The van der Waals surface area contributed by atoms with Crippen LogP contribution in [0.4, 0.5) is 0 Å². The summed E-state index contributed by atoms with van der Waals surface area (Å²) in [4.78, 5) is 31.0. The molecule has 1 aliphatic heterocycles. The number of nitrogens with one attached hydrogen (secondary N) is 1. The normalized spacial score (nSPS) is 19.2. The van der Waals surface area contributed by atoms with Gasteiger partial charge < -0.3 is 10.2 Å². The van der Waals surface area contributed by atoms with E-state index in [2.05, 4.69) is 10.3 Å². The molecule has 0 radical (unpaired) electrons. The Bertz CT molecular complexity index is 545. The van der Waals surface area contributed by atoms with Gasteiger partial charge in [-0.2, -0.15) is 0 Å². The molecule has 6 heteroatoms. The number of hydrogen-bond acceptors (Lipinski definition) is 4. The molecule has 120 valence electrons. The Hall–Kier alpha value is -1.43. The fourth-order valence-corrected chi connectivity index (χ4v) is 3.71. The van der Waals surface area contributed by atoms with E-state index in [0.29, 0.717) is 18.4 Å². The number of amides is 2. The quantitative estimate of drug-likeness (QED) is 0.905. The lowest BCUT2D eigenvalue weighted by Gasteiger charge is -2.31. The Morgan fingerprint density at radius 1 is 1.32 bits per heavy atom. The summed E-state index contributed by atoms with van der Waals surface area (Å²) in [5, 5.41) is 3.04. The summed E-state index contributed by atoms with van der Waals surface area (Å²) in [7, 11) is 0. The number of piperidine rings is 1. The van der Waals surface area contributed by atoms with Crippen molar-refractivity contribution < 1.29 is 9.59 Å². The molecule has 2 heterocycles. The van der Waals surface area contributed by atoms with Crippen molar-refractivity contribution >= 4 is 23.2 Å². The molecule has 0 aromatic carbocycles. The number of carbonyl (C=O) groups excluding carboxylic acids is 2. The van der Waals surface area contributed by atoms with E-state index in [1.165, 1.54) is 11.3 Å². The molecule has 0 bridgehead atoms. The standard InChI is InChI=1S/C16H23N3O2S/c1-11-15(22-10-17-11)16(21)19-8-6-12(7-9-19)2-5-14(20)18-13-3-4-13/h10,12-13H,2-9H2,1H3,(H,18,20). The summed E-state index contributed by atoms with van der Waals surface area (Å²) in [6.45, 7) is 3.48. The summed E-state index contributed by atoms with van der Waals surface area (Å²) in [5.74, 6) is 0.878. The maximum absolute atomic E-state index is 12.4. The lowest BCUT2D eigenvalue weighted by atomic mass is 9.92. The van der Waals surface area contributed by atoms with Crippen LogP contribution in [0.5, 0.6) is 0 Å². The molecule has 1 saturated heterocycles. The molecule has 1 aliphatic carbocycles. The van der Waals surface area contributed by atoms with Crippen molar-refractivity contribution in [2.24, 2.45) is 5.92 Å². The minimum atomic E-state index is 0.116. The fourth-order valence-electron chi connectivity index (χ4n) is 2.94. The number of likely N-dealkylation sites (tertiary alicyclic amines) is 1. The topological polar surface area (TPSA) is 62.3 Å². The van der Waals surface area contributed by atoms with Crippen molar-refractivity contribution in [2.45, 2.75) is 51.5 Å². The molecule has 2 aliphatic rings. The number of aryl methyl sites for hydroxylation is 1. The van der Waals surface area contributed by atoms with Crippen molar-refractivity contribution in [1.82, 2.24) is 15.2 Å². The Labute approximate surface area is 135 Å². The van der Waals surface area contributed by atoms with Gasteiger partial charge in [0.05, 0.1) is 11.2 Å². The van der Waals surface area contributed by atoms with Crippen LogP contribution in [0, 0.1) is 12.8 Å². The molecule has 1 aromatic heterocycles. The monoisotopic (exact) mass is 321 g/mol. The maximum atomic E-state index is 12.4. The molecule has 0 unspecified atom stereocenters. The van der Waals surface area contributed by atoms with E-state index in [9.17, 15) is 9.59 Å². The zero-order valence-electron chi connectivity index (χ0n) is 13.0. The van der Waals surface area contributed by atoms with Crippen LogP contribution in [-0.2, 0) is 4.79 Å². The van der Waals surface area contributed by atoms with Crippen LogP contribution in [0.2, 0.25) is 0 Å². The van der Waals surface area contributed by atoms with Crippen LogP contribution in [0.3, 0.4) is 0 Å². The summed E-state index contributed by atoms with van der Waals surface area (Å²) >= 11 is 1.42. The number of hydrogen-bond donors (Lipinski definition) is 1. The van der Waals surface area contributed by atoms with E-state index in [1.54, 1.807) is 5.51 Å². The van der Waals surface area contributed by atoms with E-state index >= 15 is 0 Å². The molecule has 3 rings (SSSR count). The second kappa shape index (κ2) is 6.77. The predicted octanol–water partition coefficient (Wildman–Crippen LogP) is 2.36. The first kappa shape index (κ1) is 15.5. The Morgan fingerprint density at radius 3 is 2.64 bits per heavy atom. The van der Waals surface area contributed by atoms with E-state index in [1.807, 2.05) is 11.8 Å². The van der Waals surface area contributed by atoms with E-state index in [-0.39, 0.29) is 11.8 Å². The van der Waals surface area contributed by atoms with Crippen LogP contribution in [0.1, 0.15) is 53.9 Å². The number of thiazole rings is 1. The summed E-state index contributed by atoms with van der Waals surface area (Å²) in [6, 6.07) is 0.453. The average molecular weight is 321 g/mol. The van der Waals surface area contributed by atoms with Gasteiger partial charge in [0.15, 0.2) is 0 Å². The molecule has 1 N–H and O–H groups in total. The van der Waals surface area contributed by atoms with Crippen molar-refractivity contribution in [1.29, 1.82) is 0 Å². The van der Waals surface area contributed by atoms with E-state index in [4.69, 9.17) is 0 Å². The molecule has 2 fully saturated rings. The van der Waals surface area contributed by atoms with Crippen molar-refractivity contribution in [3.8, 4) is 0 Å². The van der Waals surface area contributed by atoms with Crippen molar-refractivity contribution in [3.63, 3.8) is 0 Å². The third-order valence-corrected chi connectivity index (χ3v) is 5.48. The van der Waals surface area contributed by atoms with Gasteiger partial charge >= 0.3 is 0 Å². The molecule has 2 amide bonds. The van der Waals surface area contributed by atoms with E-state index < -0.39 is 0 Å². The molecule has 1 saturated carbocycles. The zero-order chi connectivity index (χ0) is 15.5. The minimum Gasteiger partial charge on any atom is -0.353 e. The number of aromatic nitrogens is 1. The smallest absolute Gasteiger partial charge is 0.265 e. The Kier molecular flexibility index (Phi) is 4.76. The van der Waals surface area contributed by atoms with Crippen molar-refractivity contribution in [2.75, 3.05) is 13.1 Å². The largest absolute Gasteiger partial charge is 0.353 e. The summed E-state index contributed by atoms with van der Waals surface area (Å²) in [5.41, 5.74) is 2.56. The Morgan fingerprint density at radius 2 is 2.05 bits per heavy atom. The number of carbonyl (C=O) groups is 2. The van der Waals surface area contributed by atoms with Gasteiger partial charge in [0.1, 0.15) is 4.88 Å². The van der Waals surface area contributed by atoms with Crippen LogP contribution in [0.15, 0.2) is 5.51 Å². The maximum Gasteiger partial charge on any atom is 0.265 e. The fraction of sp³-hybridized carbons (Fsp3) is 0.688. The third-order valence-electron chi connectivity index (χ3n) is 4.56. The highest BCUT2D eigenvalue weighted by Crippen LogP contribution is 2.25. The molecule has 0 atom stereocenters. The SMILES string of the molecule is Cc1ncsc1C(=O)N1CCC(CCC(=O)NC2CC2)CC1. The predicted molar refractivity (Wildman–Crippen MR) is 85.9 cm³/mol. The van der Waals surface area contributed by atoms with Crippen molar-refractivity contribution in [3.05, 3.63) is 16.1 Å². The second-order valence-electron chi connectivity index (χ2n) is 6.38. The highest BCUT2D eigenvalue weighted by Gasteiger charge is 2.27. The van der Waals surface area contributed by atoms with Gasteiger partial charge in [-0.05, 0) is 44.9 Å². The first-order valence-electron chi connectivity index (χ1n) is 8.12. The molecule has 22 heavy (non-hydrogen) atoms. The highest BCUT2D eigenvalue weighted by atomic mass is 32.1. The van der Waals surface area contributed by atoms with Gasteiger partial charge in [0.25, 0.3) is 5.91 Å². The average Bonchev–Trinajstić information content (AvgIpc) is 3.23. The van der Waals surface area contributed by atoms with Gasteiger partial charge in [-0.3, -0.25) is 9.59 Å². The molecule has 1 aromatic rings. The molecule has 5 nitrogen and oxygen atoms in total. The molecule has 0 spiro atoms. The van der Waals surface area contributed by atoms with Gasteiger partial charge in [0, 0.05) is 25.6 Å². The van der Waals surface area contributed by atoms with Crippen LogP contribution in [-0.4, -0.2) is 40.8 Å². The first-order valence-corrected chi connectivity index (χ1v) is 9.00. The van der Waals surface area contributed by atoms with Gasteiger partial charge in [0.2, 0.25) is 5.91 Å². The molecular weight excluding hydrogens is 298 g/mol. The van der Waals surface area contributed by atoms with Gasteiger partial charge in [-0.1, -0.05) is 0 Å². The lowest BCUT2D eigenvalue weighted by molar-refractivity contribution is -0.121. The zero-order valence-corrected chi connectivity index (χ0v) is 13.8.